The Morgan fingerprint density at radius 2 is 1.76 bits per heavy atom. The molecule has 2 aliphatic heterocycles. The van der Waals surface area contributed by atoms with Gasteiger partial charge in [0.1, 0.15) is 12.4 Å². The molecule has 0 saturated heterocycles. The summed E-state index contributed by atoms with van der Waals surface area (Å²) >= 11 is 0. The number of carbonyl (C=O) groups excluding carboxylic acids is 2. The van der Waals surface area contributed by atoms with Gasteiger partial charge in [0, 0.05) is 44.8 Å². The number of hydrogen-bond acceptors (Lipinski definition) is 8. The molecule has 0 fully saturated rings. The van der Waals surface area contributed by atoms with Gasteiger partial charge in [0.25, 0.3) is 11.8 Å². The van der Waals surface area contributed by atoms with Gasteiger partial charge < -0.3 is 28.7 Å². The van der Waals surface area contributed by atoms with Crippen molar-refractivity contribution in [2.45, 2.75) is 26.0 Å². The summed E-state index contributed by atoms with van der Waals surface area (Å²) in [5.74, 6) is 0.687. The van der Waals surface area contributed by atoms with E-state index in [1.807, 2.05) is 13.8 Å². The average Bonchev–Trinajstić information content (AvgIpc) is 3.34. The Morgan fingerprint density at radius 1 is 1.03 bits per heavy atom. The lowest BCUT2D eigenvalue weighted by Crippen LogP contribution is -2.48. The lowest BCUT2D eigenvalue weighted by atomic mass is 10.0. The first-order valence-electron chi connectivity index (χ1n) is 12.2. The van der Waals surface area contributed by atoms with Crippen molar-refractivity contribution in [3.05, 3.63) is 47.5 Å². The van der Waals surface area contributed by atoms with E-state index < -0.39 is 16.1 Å². The molecule has 2 aromatic rings. The Kier molecular flexibility index (Phi) is 8.02. The molecule has 1 N–H and O–H groups in total. The van der Waals surface area contributed by atoms with Crippen LogP contribution in [0.25, 0.3) is 0 Å². The van der Waals surface area contributed by atoms with E-state index in [1.54, 1.807) is 37.3 Å². The van der Waals surface area contributed by atoms with E-state index in [1.165, 1.54) is 23.1 Å². The number of benzene rings is 2. The van der Waals surface area contributed by atoms with Gasteiger partial charge >= 0.3 is 0 Å². The van der Waals surface area contributed by atoms with E-state index in [0.29, 0.717) is 23.6 Å². The van der Waals surface area contributed by atoms with Crippen molar-refractivity contribution in [3.63, 3.8) is 0 Å². The zero-order valence-electron chi connectivity index (χ0n) is 22.1. The first-order chi connectivity index (χ1) is 18.0. The molecule has 0 saturated carbocycles. The third-order valence-electron chi connectivity index (χ3n) is 6.63. The molecular formula is C26H33N3O8S. The number of fused-ring (bicyclic) bond motifs is 2. The third kappa shape index (κ3) is 6.13. The number of likely N-dealkylation sites (N-methyl/N-ethyl adjacent to an activating group) is 1. The van der Waals surface area contributed by atoms with E-state index in [0.717, 1.165) is 6.26 Å². The van der Waals surface area contributed by atoms with Crippen LogP contribution in [0.3, 0.4) is 0 Å². The maximum absolute atomic E-state index is 13.7. The Bertz CT molecular complexity index is 1320. The smallest absolute Gasteiger partial charge is 0.257 e. The fourth-order valence-electron chi connectivity index (χ4n) is 4.53. The van der Waals surface area contributed by atoms with Gasteiger partial charge in [-0.1, -0.05) is 6.92 Å². The number of amides is 2. The molecular weight excluding hydrogens is 514 g/mol. The van der Waals surface area contributed by atoms with E-state index in [2.05, 4.69) is 4.72 Å². The molecule has 2 heterocycles. The predicted molar refractivity (Wildman–Crippen MR) is 140 cm³/mol. The van der Waals surface area contributed by atoms with Crippen molar-refractivity contribution in [1.29, 1.82) is 0 Å². The van der Waals surface area contributed by atoms with Crippen LogP contribution in [0.2, 0.25) is 0 Å². The fourth-order valence-corrected chi connectivity index (χ4v) is 5.08. The second kappa shape index (κ2) is 11.1. The standard InChI is InChI=1S/C26H33N3O8S/c1-16-12-29(25(30)18-6-9-21-23(10-18)37-15-36-21)17(2)14-35-22-11-19(27-38(5,32)33)7-8-20(22)26(31)28(3)13-24(16)34-4/h6-11,16-17,24,27H,12-15H2,1-5H3/t16-,17+,24-/m1/s1. The summed E-state index contributed by atoms with van der Waals surface area (Å²) in [4.78, 5) is 30.3. The summed E-state index contributed by atoms with van der Waals surface area (Å²) in [6.07, 6.45) is 0.693. The van der Waals surface area contributed by atoms with Gasteiger partial charge in [-0.05, 0) is 37.3 Å². The zero-order chi connectivity index (χ0) is 27.6. The molecule has 4 rings (SSSR count). The minimum Gasteiger partial charge on any atom is -0.491 e. The number of methoxy groups -OCH3 is 1. The van der Waals surface area contributed by atoms with E-state index in [-0.39, 0.29) is 60.8 Å². The van der Waals surface area contributed by atoms with E-state index in [4.69, 9.17) is 18.9 Å². The van der Waals surface area contributed by atoms with Crippen molar-refractivity contribution >= 4 is 27.5 Å². The van der Waals surface area contributed by atoms with E-state index >= 15 is 0 Å². The molecule has 38 heavy (non-hydrogen) atoms. The molecule has 2 aliphatic rings. The maximum atomic E-state index is 13.7. The Morgan fingerprint density at radius 3 is 2.47 bits per heavy atom. The second-order valence-corrected chi connectivity index (χ2v) is 11.5. The SMILES string of the molecule is CO[C@@H]1CN(C)C(=O)c2ccc(NS(C)(=O)=O)cc2OC[C@H](C)N(C(=O)c2ccc3c(c2)OCO3)C[C@H]1C. The van der Waals surface area contributed by atoms with Crippen molar-refractivity contribution in [2.75, 3.05) is 51.6 Å². The predicted octanol–water partition coefficient (Wildman–Crippen LogP) is 2.43. The van der Waals surface area contributed by atoms with Crippen LogP contribution < -0.4 is 18.9 Å². The van der Waals surface area contributed by atoms with Crippen molar-refractivity contribution in [2.24, 2.45) is 5.92 Å². The van der Waals surface area contributed by atoms with Crippen LogP contribution in [0.15, 0.2) is 36.4 Å². The summed E-state index contributed by atoms with van der Waals surface area (Å²) in [6.45, 7) is 4.63. The molecule has 11 nitrogen and oxygen atoms in total. The summed E-state index contributed by atoms with van der Waals surface area (Å²) < 4.78 is 48.6. The summed E-state index contributed by atoms with van der Waals surface area (Å²) in [7, 11) is -0.294. The lowest BCUT2D eigenvalue weighted by Gasteiger charge is -2.36. The van der Waals surface area contributed by atoms with Gasteiger partial charge in [-0.25, -0.2) is 8.42 Å². The van der Waals surface area contributed by atoms with Crippen LogP contribution in [0, 0.1) is 5.92 Å². The molecule has 3 atom stereocenters. The number of nitrogens with zero attached hydrogens (tertiary/aromatic N) is 2. The third-order valence-corrected chi connectivity index (χ3v) is 7.24. The van der Waals surface area contributed by atoms with Crippen LogP contribution in [0.4, 0.5) is 5.69 Å². The number of nitrogens with one attached hydrogen (secondary N) is 1. The topological polar surface area (TPSA) is 124 Å². The number of ether oxygens (including phenoxy) is 4. The summed E-state index contributed by atoms with van der Waals surface area (Å²) in [5.41, 5.74) is 0.982. The fraction of sp³-hybridized carbons (Fsp3) is 0.462. The molecule has 0 bridgehead atoms. The number of rotatable bonds is 4. The summed E-state index contributed by atoms with van der Waals surface area (Å²) in [6, 6.07) is 9.18. The van der Waals surface area contributed by atoms with Crippen molar-refractivity contribution in [3.8, 4) is 17.2 Å². The van der Waals surface area contributed by atoms with Gasteiger partial charge in [-0.15, -0.1) is 0 Å². The highest BCUT2D eigenvalue weighted by molar-refractivity contribution is 7.92. The second-order valence-electron chi connectivity index (χ2n) is 9.71. The quantitative estimate of drug-likeness (QED) is 0.619. The molecule has 0 radical (unpaired) electrons. The van der Waals surface area contributed by atoms with Crippen molar-refractivity contribution in [1.82, 2.24) is 9.80 Å². The average molecular weight is 548 g/mol. The first-order valence-corrected chi connectivity index (χ1v) is 14.1. The minimum absolute atomic E-state index is 0.0625. The largest absolute Gasteiger partial charge is 0.491 e. The highest BCUT2D eigenvalue weighted by Crippen LogP contribution is 2.33. The Balaban J connectivity index is 1.69. The van der Waals surface area contributed by atoms with Crippen molar-refractivity contribution < 1.29 is 37.0 Å². The lowest BCUT2D eigenvalue weighted by molar-refractivity contribution is 0.0111. The van der Waals surface area contributed by atoms with Gasteiger partial charge in [0.05, 0.1) is 29.7 Å². The number of hydrogen-bond donors (Lipinski definition) is 1. The molecule has 206 valence electrons. The number of carbonyl (C=O) groups is 2. The molecule has 0 spiro atoms. The Hall–Kier alpha value is -3.51. The molecule has 12 heteroatoms. The van der Waals surface area contributed by atoms with E-state index in [9.17, 15) is 18.0 Å². The maximum Gasteiger partial charge on any atom is 0.257 e. The normalized spacial score (nSPS) is 22.1. The Labute approximate surface area is 222 Å². The highest BCUT2D eigenvalue weighted by Gasteiger charge is 2.31. The van der Waals surface area contributed by atoms with Crippen LogP contribution in [-0.4, -0.2) is 89.1 Å². The van der Waals surface area contributed by atoms with Crippen LogP contribution in [0.5, 0.6) is 17.2 Å². The van der Waals surface area contributed by atoms with Gasteiger partial charge in [0.2, 0.25) is 16.8 Å². The monoisotopic (exact) mass is 547 g/mol. The van der Waals surface area contributed by atoms with Gasteiger partial charge in [0.15, 0.2) is 11.5 Å². The summed E-state index contributed by atoms with van der Waals surface area (Å²) in [5, 5.41) is 0. The van der Waals surface area contributed by atoms with Gasteiger partial charge in [-0.2, -0.15) is 0 Å². The first kappa shape index (κ1) is 27.5. The number of anilines is 1. The van der Waals surface area contributed by atoms with Gasteiger partial charge in [-0.3, -0.25) is 14.3 Å². The van der Waals surface area contributed by atoms with Crippen LogP contribution in [-0.2, 0) is 14.8 Å². The number of sulfonamides is 1. The molecule has 2 aromatic carbocycles. The van der Waals surface area contributed by atoms with Crippen LogP contribution in [0.1, 0.15) is 34.6 Å². The molecule has 0 aliphatic carbocycles. The molecule has 0 aromatic heterocycles. The highest BCUT2D eigenvalue weighted by atomic mass is 32.2. The minimum atomic E-state index is -3.54. The van der Waals surface area contributed by atoms with Crippen LogP contribution >= 0.6 is 0 Å². The molecule has 2 amide bonds. The molecule has 0 unspecified atom stereocenters. The zero-order valence-corrected chi connectivity index (χ0v) is 22.9.